The summed E-state index contributed by atoms with van der Waals surface area (Å²) in [6, 6.07) is 7.88. The van der Waals surface area contributed by atoms with Gasteiger partial charge >= 0.3 is 0 Å². The summed E-state index contributed by atoms with van der Waals surface area (Å²) in [6.45, 7) is 5.36. The second kappa shape index (κ2) is 4.66. The van der Waals surface area contributed by atoms with E-state index in [1.54, 1.807) is 0 Å². The lowest BCUT2D eigenvalue weighted by molar-refractivity contribution is 0.456. The minimum atomic E-state index is 0.209. The quantitative estimate of drug-likeness (QED) is 0.776. The van der Waals surface area contributed by atoms with Gasteiger partial charge in [0.2, 0.25) is 0 Å². The van der Waals surface area contributed by atoms with Crippen LogP contribution in [-0.4, -0.2) is 6.54 Å². The predicted molar refractivity (Wildman–Crippen MR) is 75.0 cm³/mol. The molecule has 0 radical (unpaired) electrons. The SMILES string of the molecule is CC1=CCC(C)(CNc2ccc(N)cc2)C=C1. The molecule has 0 saturated carbocycles. The lowest BCUT2D eigenvalue weighted by atomic mass is 9.82. The lowest BCUT2D eigenvalue weighted by Gasteiger charge is -2.28. The summed E-state index contributed by atoms with van der Waals surface area (Å²) in [7, 11) is 0. The Kier molecular flexibility index (Phi) is 3.23. The summed E-state index contributed by atoms with van der Waals surface area (Å²) in [4.78, 5) is 0. The Bertz CT molecular complexity index is 442. The van der Waals surface area contributed by atoms with Gasteiger partial charge in [0.25, 0.3) is 0 Å². The smallest absolute Gasteiger partial charge is 0.0341 e. The summed E-state index contributed by atoms with van der Waals surface area (Å²) in [5.74, 6) is 0. The molecule has 0 spiro atoms. The van der Waals surface area contributed by atoms with Crippen LogP contribution >= 0.6 is 0 Å². The molecule has 1 unspecified atom stereocenters. The van der Waals surface area contributed by atoms with Crippen molar-refractivity contribution >= 4 is 11.4 Å². The Morgan fingerprint density at radius 2 is 2.00 bits per heavy atom. The van der Waals surface area contributed by atoms with E-state index in [0.29, 0.717) is 0 Å². The van der Waals surface area contributed by atoms with Crippen molar-refractivity contribution in [3.05, 3.63) is 48.1 Å². The number of hydrogen-bond donors (Lipinski definition) is 2. The summed E-state index contributed by atoms with van der Waals surface area (Å²) < 4.78 is 0. The van der Waals surface area contributed by atoms with Crippen LogP contribution in [-0.2, 0) is 0 Å². The predicted octanol–water partition coefficient (Wildman–Crippen LogP) is 3.59. The molecule has 0 aromatic heterocycles. The van der Waals surface area contributed by atoms with Crippen molar-refractivity contribution in [1.29, 1.82) is 0 Å². The van der Waals surface area contributed by atoms with E-state index in [0.717, 1.165) is 24.3 Å². The average Bonchev–Trinajstić information content (AvgIpc) is 2.33. The van der Waals surface area contributed by atoms with Crippen molar-refractivity contribution in [2.75, 3.05) is 17.6 Å². The lowest BCUT2D eigenvalue weighted by Crippen LogP contribution is -2.25. The zero-order valence-corrected chi connectivity index (χ0v) is 10.5. The normalized spacial score (nSPS) is 23.3. The second-order valence-corrected chi connectivity index (χ2v) is 5.12. The fourth-order valence-electron chi connectivity index (χ4n) is 1.90. The standard InChI is InChI=1S/C15H20N2/c1-12-7-9-15(2,10-8-12)11-17-14-5-3-13(16)4-6-14/h3-9,17H,10-11,16H2,1-2H3. The van der Waals surface area contributed by atoms with Crippen molar-refractivity contribution < 1.29 is 0 Å². The molecule has 0 aliphatic heterocycles. The van der Waals surface area contributed by atoms with Gasteiger partial charge in [0.15, 0.2) is 0 Å². The Labute approximate surface area is 103 Å². The molecule has 0 bridgehead atoms. The first-order chi connectivity index (χ1) is 8.07. The van der Waals surface area contributed by atoms with Gasteiger partial charge < -0.3 is 11.1 Å². The van der Waals surface area contributed by atoms with Crippen LogP contribution in [0.5, 0.6) is 0 Å². The highest BCUT2D eigenvalue weighted by atomic mass is 14.9. The molecule has 2 heteroatoms. The number of hydrogen-bond acceptors (Lipinski definition) is 2. The minimum Gasteiger partial charge on any atom is -0.399 e. The zero-order chi connectivity index (χ0) is 12.3. The summed E-state index contributed by atoms with van der Waals surface area (Å²) >= 11 is 0. The maximum Gasteiger partial charge on any atom is 0.0341 e. The van der Waals surface area contributed by atoms with Gasteiger partial charge in [-0.25, -0.2) is 0 Å². The summed E-state index contributed by atoms with van der Waals surface area (Å²) in [5, 5.41) is 3.46. The van der Waals surface area contributed by atoms with Crippen molar-refractivity contribution in [2.24, 2.45) is 5.41 Å². The Hall–Kier alpha value is -1.70. The van der Waals surface area contributed by atoms with Crippen molar-refractivity contribution in [3.63, 3.8) is 0 Å². The van der Waals surface area contributed by atoms with Crippen LogP contribution in [0.4, 0.5) is 11.4 Å². The van der Waals surface area contributed by atoms with Gasteiger partial charge in [-0.15, -0.1) is 0 Å². The first-order valence-electron chi connectivity index (χ1n) is 6.03. The molecular weight excluding hydrogens is 208 g/mol. The fraction of sp³-hybridized carbons (Fsp3) is 0.333. The first kappa shape index (κ1) is 11.8. The van der Waals surface area contributed by atoms with Gasteiger partial charge in [0.1, 0.15) is 0 Å². The van der Waals surface area contributed by atoms with E-state index >= 15 is 0 Å². The maximum absolute atomic E-state index is 5.66. The van der Waals surface area contributed by atoms with Gasteiger partial charge in [-0.1, -0.05) is 30.7 Å². The molecule has 1 aromatic rings. The van der Waals surface area contributed by atoms with Crippen molar-refractivity contribution in [1.82, 2.24) is 0 Å². The monoisotopic (exact) mass is 228 g/mol. The Balaban J connectivity index is 1.94. The molecular formula is C15H20N2. The van der Waals surface area contributed by atoms with Gasteiger partial charge in [0, 0.05) is 23.3 Å². The molecule has 1 aromatic carbocycles. The number of nitrogen functional groups attached to an aromatic ring is 1. The van der Waals surface area contributed by atoms with E-state index in [-0.39, 0.29) is 5.41 Å². The van der Waals surface area contributed by atoms with Crippen LogP contribution in [0.3, 0.4) is 0 Å². The molecule has 0 amide bonds. The largest absolute Gasteiger partial charge is 0.399 e. The second-order valence-electron chi connectivity index (χ2n) is 5.12. The Morgan fingerprint density at radius 1 is 1.29 bits per heavy atom. The van der Waals surface area contributed by atoms with Crippen molar-refractivity contribution in [3.8, 4) is 0 Å². The molecule has 2 nitrogen and oxygen atoms in total. The zero-order valence-electron chi connectivity index (χ0n) is 10.5. The summed E-state index contributed by atoms with van der Waals surface area (Å²) in [5.41, 5.74) is 9.15. The number of rotatable bonds is 3. The third kappa shape index (κ3) is 3.13. The molecule has 1 atom stereocenters. The molecule has 1 aliphatic rings. The average molecular weight is 228 g/mol. The van der Waals surface area contributed by atoms with Crippen LogP contribution in [0.15, 0.2) is 48.1 Å². The molecule has 90 valence electrons. The number of benzene rings is 1. The molecule has 0 fully saturated rings. The van der Waals surface area contributed by atoms with Crippen LogP contribution < -0.4 is 11.1 Å². The van der Waals surface area contributed by atoms with Crippen LogP contribution in [0.25, 0.3) is 0 Å². The molecule has 0 saturated heterocycles. The number of anilines is 2. The highest BCUT2D eigenvalue weighted by Crippen LogP contribution is 2.29. The third-order valence-electron chi connectivity index (χ3n) is 3.25. The van der Waals surface area contributed by atoms with Gasteiger partial charge in [0.05, 0.1) is 0 Å². The van der Waals surface area contributed by atoms with E-state index in [1.165, 1.54) is 5.57 Å². The molecule has 17 heavy (non-hydrogen) atoms. The molecule has 1 aliphatic carbocycles. The Morgan fingerprint density at radius 3 is 2.59 bits per heavy atom. The first-order valence-corrected chi connectivity index (χ1v) is 6.03. The van der Waals surface area contributed by atoms with Gasteiger partial charge in [-0.05, 0) is 37.6 Å². The van der Waals surface area contributed by atoms with Crippen LogP contribution in [0.1, 0.15) is 20.3 Å². The molecule has 3 N–H and O–H groups in total. The highest BCUT2D eigenvalue weighted by Gasteiger charge is 2.21. The van der Waals surface area contributed by atoms with E-state index in [1.807, 2.05) is 24.3 Å². The van der Waals surface area contributed by atoms with E-state index in [9.17, 15) is 0 Å². The van der Waals surface area contributed by atoms with Gasteiger partial charge in [-0.2, -0.15) is 0 Å². The molecule has 2 rings (SSSR count). The number of nitrogens with one attached hydrogen (secondary N) is 1. The fourth-order valence-corrected chi connectivity index (χ4v) is 1.90. The minimum absolute atomic E-state index is 0.209. The van der Waals surface area contributed by atoms with Crippen molar-refractivity contribution in [2.45, 2.75) is 20.3 Å². The maximum atomic E-state index is 5.66. The van der Waals surface area contributed by atoms with Gasteiger partial charge in [-0.3, -0.25) is 0 Å². The van der Waals surface area contributed by atoms with E-state index < -0.39 is 0 Å². The number of allylic oxidation sites excluding steroid dienone is 3. The van der Waals surface area contributed by atoms with Crippen LogP contribution in [0, 0.1) is 5.41 Å². The topological polar surface area (TPSA) is 38.0 Å². The number of nitrogens with two attached hydrogens (primary N) is 1. The van der Waals surface area contributed by atoms with Crippen LogP contribution in [0.2, 0.25) is 0 Å². The summed E-state index contributed by atoms with van der Waals surface area (Å²) in [6.07, 6.45) is 7.89. The molecule has 0 heterocycles. The van der Waals surface area contributed by atoms with E-state index in [4.69, 9.17) is 5.73 Å². The third-order valence-corrected chi connectivity index (χ3v) is 3.25. The van der Waals surface area contributed by atoms with E-state index in [2.05, 4.69) is 37.4 Å². The highest BCUT2D eigenvalue weighted by molar-refractivity contribution is 5.51.